The Morgan fingerprint density at radius 1 is 1.24 bits per heavy atom. The van der Waals surface area contributed by atoms with Crippen LogP contribution in [0.1, 0.15) is 37.8 Å². The van der Waals surface area contributed by atoms with E-state index >= 15 is 0 Å². The highest BCUT2D eigenvalue weighted by Crippen LogP contribution is 2.38. The van der Waals surface area contributed by atoms with Crippen molar-refractivity contribution >= 4 is 33.4 Å². The molecule has 0 bridgehead atoms. The average Bonchev–Trinajstić information content (AvgIpc) is 2.68. The van der Waals surface area contributed by atoms with E-state index in [1.807, 2.05) is 12.1 Å². The van der Waals surface area contributed by atoms with E-state index in [0.717, 1.165) is 16.6 Å². The smallest absolute Gasteiger partial charge is 0.221 e. The molecule has 2 rings (SSSR count). The third kappa shape index (κ3) is 4.02. The standard InChI is InChI=1S/C14H17BrN2O2.N2/c1-7-11-6-14(17-9(3)19)12(15)4-10(11)5-13(7)16-8(2)18;1-2/h4,6-7,13H,5H2,1-3H3,(H,16,18)(H,17,19);. The zero-order valence-corrected chi connectivity index (χ0v) is 13.7. The van der Waals surface area contributed by atoms with Crippen LogP contribution in [-0.2, 0) is 16.0 Å². The molecule has 112 valence electrons. The van der Waals surface area contributed by atoms with Gasteiger partial charge in [-0.05, 0) is 45.6 Å². The Labute approximate surface area is 131 Å². The Balaban J connectivity index is 0.00000106. The molecule has 1 aliphatic rings. The molecule has 0 radical (unpaired) electrons. The Bertz CT molecular complexity index is 586. The minimum Gasteiger partial charge on any atom is -0.353 e. The Hall–Kier alpha value is -1.94. The summed E-state index contributed by atoms with van der Waals surface area (Å²) in [6.45, 7) is 5.12. The van der Waals surface area contributed by atoms with Crippen molar-refractivity contribution in [3.05, 3.63) is 27.7 Å². The van der Waals surface area contributed by atoms with Crippen LogP contribution in [0.2, 0.25) is 0 Å². The largest absolute Gasteiger partial charge is 0.353 e. The monoisotopic (exact) mass is 352 g/mol. The Kier molecular flexibility index (Phi) is 5.85. The summed E-state index contributed by atoms with van der Waals surface area (Å²) in [5, 5.41) is 17.8. The summed E-state index contributed by atoms with van der Waals surface area (Å²) in [5.74, 6) is 0.148. The first-order valence-corrected chi connectivity index (χ1v) is 7.24. The van der Waals surface area contributed by atoms with Crippen molar-refractivity contribution < 1.29 is 9.59 Å². The van der Waals surface area contributed by atoms with Gasteiger partial charge in [0.05, 0.1) is 5.69 Å². The molecule has 1 aliphatic carbocycles. The number of fused-ring (bicyclic) bond motifs is 1. The molecular formula is C14H17BrN4O2. The molecule has 2 atom stereocenters. The van der Waals surface area contributed by atoms with E-state index < -0.39 is 0 Å². The van der Waals surface area contributed by atoms with Gasteiger partial charge in [0, 0.05) is 41.1 Å². The third-order valence-corrected chi connectivity index (χ3v) is 4.12. The quantitative estimate of drug-likeness (QED) is 0.797. The number of carbonyl (C=O) groups is 2. The van der Waals surface area contributed by atoms with E-state index in [1.165, 1.54) is 25.0 Å². The number of hydrogen-bond donors (Lipinski definition) is 2. The van der Waals surface area contributed by atoms with Crippen molar-refractivity contribution in [2.45, 2.75) is 39.2 Å². The number of benzene rings is 1. The molecule has 2 unspecified atom stereocenters. The van der Waals surface area contributed by atoms with E-state index in [0.29, 0.717) is 0 Å². The zero-order valence-electron chi connectivity index (χ0n) is 12.1. The van der Waals surface area contributed by atoms with Crippen LogP contribution in [0.5, 0.6) is 0 Å². The maximum Gasteiger partial charge on any atom is 0.221 e. The van der Waals surface area contributed by atoms with E-state index in [1.54, 1.807) is 0 Å². The van der Waals surface area contributed by atoms with Crippen LogP contribution in [-0.4, -0.2) is 17.9 Å². The van der Waals surface area contributed by atoms with Gasteiger partial charge in [0.1, 0.15) is 0 Å². The molecule has 21 heavy (non-hydrogen) atoms. The predicted molar refractivity (Wildman–Crippen MR) is 81.6 cm³/mol. The average molecular weight is 353 g/mol. The van der Waals surface area contributed by atoms with E-state index in [-0.39, 0.29) is 23.8 Å². The fourth-order valence-electron chi connectivity index (χ4n) is 2.58. The first-order chi connectivity index (χ1) is 9.88. The summed E-state index contributed by atoms with van der Waals surface area (Å²) in [5.41, 5.74) is 3.18. The van der Waals surface area contributed by atoms with Gasteiger partial charge in [-0.1, -0.05) is 6.92 Å². The summed E-state index contributed by atoms with van der Waals surface area (Å²) in [4.78, 5) is 22.4. The number of rotatable bonds is 2. The lowest BCUT2D eigenvalue weighted by molar-refractivity contribution is -0.119. The number of amides is 2. The van der Waals surface area contributed by atoms with Gasteiger partial charge in [0.15, 0.2) is 0 Å². The van der Waals surface area contributed by atoms with E-state index in [4.69, 9.17) is 10.8 Å². The van der Waals surface area contributed by atoms with Crippen LogP contribution in [0.4, 0.5) is 5.69 Å². The van der Waals surface area contributed by atoms with Crippen molar-refractivity contribution in [2.75, 3.05) is 5.32 Å². The number of hydrogen-bond acceptors (Lipinski definition) is 4. The second kappa shape index (κ2) is 7.18. The van der Waals surface area contributed by atoms with Gasteiger partial charge in [0.2, 0.25) is 11.8 Å². The van der Waals surface area contributed by atoms with Crippen LogP contribution >= 0.6 is 15.9 Å². The molecule has 1 aromatic rings. The van der Waals surface area contributed by atoms with E-state index in [2.05, 4.69) is 33.5 Å². The van der Waals surface area contributed by atoms with Crippen molar-refractivity contribution in [3.63, 3.8) is 0 Å². The highest BCUT2D eigenvalue weighted by molar-refractivity contribution is 9.10. The molecule has 2 amide bonds. The van der Waals surface area contributed by atoms with Gasteiger partial charge in [-0.15, -0.1) is 0 Å². The van der Waals surface area contributed by atoms with Crippen LogP contribution in [0.15, 0.2) is 16.6 Å². The molecule has 0 spiro atoms. The number of halogens is 1. The normalized spacial score (nSPS) is 19.0. The molecule has 1 aromatic carbocycles. The molecule has 2 N–H and O–H groups in total. The first kappa shape index (κ1) is 17.1. The summed E-state index contributed by atoms with van der Waals surface area (Å²) >= 11 is 3.47. The topological polar surface area (TPSA) is 106 Å². The number of carbonyl (C=O) groups excluding carboxylic acids is 2. The van der Waals surface area contributed by atoms with Gasteiger partial charge < -0.3 is 10.6 Å². The predicted octanol–water partition coefficient (Wildman–Crippen LogP) is 2.60. The molecule has 0 aliphatic heterocycles. The van der Waals surface area contributed by atoms with Gasteiger partial charge in [-0.2, -0.15) is 0 Å². The highest BCUT2D eigenvalue weighted by atomic mass is 79.9. The maximum absolute atomic E-state index is 11.2. The molecule has 0 fully saturated rings. The molecule has 0 saturated carbocycles. The highest BCUT2D eigenvalue weighted by Gasteiger charge is 2.30. The van der Waals surface area contributed by atoms with Gasteiger partial charge in [0.25, 0.3) is 0 Å². The Morgan fingerprint density at radius 2 is 1.86 bits per heavy atom. The molecule has 0 saturated heterocycles. The maximum atomic E-state index is 11.2. The van der Waals surface area contributed by atoms with Crippen LogP contribution in [0.3, 0.4) is 0 Å². The lowest BCUT2D eigenvalue weighted by Gasteiger charge is -2.17. The molecular weight excluding hydrogens is 336 g/mol. The van der Waals surface area contributed by atoms with Crippen LogP contribution in [0.25, 0.3) is 0 Å². The second-order valence-corrected chi connectivity index (χ2v) is 5.87. The summed E-state index contributed by atoms with van der Waals surface area (Å²) in [7, 11) is 0. The number of nitrogens with zero attached hydrogens (tertiary/aromatic N) is 2. The summed E-state index contributed by atoms with van der Waals surface area (Å²) in [6, 6.07) is 4.15. The van der Waals surface area contributed by atoms with Crippen LogP contribution < -0.4 is 10.6 Å². The fourth-order valence-corrected chi connectivity index (χ4v) is 3.07. The fraction of sp³-hybridized carbons (Fsp3) is 0.429. The van der Waals surface area contributed by atoms with Crippen molar-refractivity contribution in [1.29, 1.82) is 10.8 Å². The molecule has 0 heterocycles. The lowest BCUT2D eigenvalue weighted by Crippen LogP contribution is -2.35. The minimum atomic E-state index is -0.0929. The first-order valence-electron chi connectivity index (χ1n) is 6.45. The van der Waals surface area contributed by atoms with E-state index in [9.17, 15) is 9.59 Å². The van der Waals surface area contributed by atoms with Gasteiger partial charge in [-0.3, -0.25) is 9.59 Å². The minimum absolute atomic E-state index is 0.00851. The van der Waals surface area contributed by atoms with Crippen LogP contribution in [0, 0.1) is 10.8 Å². The van der Waals surface area contributed by atoms with Gasteiger partial charge >= 0.3 is 0 Å². The van der Waals surface area contributed by atoms with Crippen molar-refractivity contribution in [1.82, 2.24) is 5.32 Å². The zero-order chi connectivity index (χ0) is 16.2. The Morgan fingerprint density at radius 3 is 2.38 bits per heavy atom. The SMILES string of the molecule is CC(=O)Nc1cc2c(cc1Br)CC(NC(C)=O)C2C.N#N. The number of anilines is 1. The summed E-state index contributed by atoms with van der Waals surface area (Å²) in [6.07, 6.45) is 0.828. The molecule has 7 heteroatoms. The molecule has 6 nitrogen and oxygen atoms in total. The van der Waals surface area contributed by atoms with Crippen molar-refractivity contribution in [3.8, 4) is 0 Å². The van der Waals surface area contributed by atoms with Crippen molar-refractivity contribution in [2.24, 2.45) is 0 Å². The third-order valence-electron chi connectivity index (χ3n) is 3.46. The molecule has 0 aromatic heterocycles. The lowest BCUT2D eigenvalue weighted by atomic mass is 10.0. The van der Waals surface area contributed by atoms with Gasteiger partial charge in [-0.25, -0.2) is 0 Å². The number of nitrogens with one attached hydrogen (secondary N) is 2. The summed E-state index contributed by atoms with van der Waals surface area (Å²) < 4.78 is 0.872. The second-order valence-electron chi connectivity index (χ2n) is 5.01.